The van der Waals surface area contributed by atoms with Crippen LogP contribution >= 0.6 is 15.9 Å². The van der Waals surface area contributed by atoms with Crippen molar-refractivity contribution in [3.63, 3.8) is 0 Å². The smallest absolute Gasteiger partial charge is 0.173 e. The number of nitrogen functional groups attached to an aromatic ring is 1. The number of rotatable bonds is 2. The lowest BCUT2D eigenvalue weighted by Gasteiger charge is -2.16. The number of nitrogens with zero attached hydrogens (tertiary/aromatic N) is 1. The lowest BCUT2D eigenvalue weighted by atomic mass is 9.94. The zero-order chi connectivity index (χ0) is 14.1. The number of hydrogen-bond acceptors (Lipinski definition) is 4. The number of anilines is 1. The number of aromatic nitrogens is 1. The number of halogens is 1. The molecule has 0 aliphatic heterocycles. The summed E-state index contributed by atoms with van der Waals surface area (Å²) in [5, 5.41) is 3.80. The van der Waals surface area contributed by atoms with Gasteiger partial charge in [0.25, 0.3) is 0 Å². The van der Waals surface area contributed by atoms with Crippen LogP contribution < -0.4 is 10.5 Å². The number of methoxy groups -OCH3 is 1. The molecular weight excluding hydrogens is 320 g/mol. The molecule has 0 saturated heterocycles. The molecule has 0 fully saturated rings. The topological polar surface area (TPSA) is 61.3 Å². The van der Waals surface area contributed by atoms with Crippen molar-refractivity contribution in [3.8, 4) is 17.1 Å². The first-order chi connectivity index (χ1) is 9.70. The molecule has 0 spiro atoms. The van der Waals surface area contributed by atoms with E-state index in [1.807, 2.05) is 0 Å². The van der Waals surface area contributed by atoms with Gasteiger partial charge in [-0.3, -0.25) is 0 Å². The van der Waals surface area contributed by atoms with Crippen molar-refractivity contribution in [2.75, 3.05) is 12.8 Å². The van der Waals surface area contributed by atoms with Crippen molar-refractivity contribution < 1.29 is 9.26 Å². The van der Waals surface area contributed by atoms with Crippen molar-refractivity contribution in [1.29, 1.82) is 0 Å². The van der Waals surface area contributed by atoms with Crippen molar-refractivity contribution in [1.82, 2.24) is 5.16 Å². The fourth-order valence-electron chi connectivity index (χ4n) is 2.89. The molecule has 2 aromatic rings. The summed E-state index contributed by atoms with van der Waals surface area (Å²) in [7, 11) is 1.67. The minimum Gasteiger partial charge on any atom is -0.495 e. The molecule has 0 bridgehead atoms. The van der Waals surface area contributed by atoms with Crippen LogP contribution in [0.3, 0.4) is 0 Å². The summed E-state index contributed by atoms with van der Waals surface area (Å²) in [6, 6.07) is 3.93. The molecule has 4 nitrogen and oxygen atoms in total. The van der Waals surface area contributed by atoms with Crippen LogP contribution in [-0.4, -0.2) is 12.3 Å². The Bertz CT molecular complexity index is 637. The third kappa shape index (κ3) is 2.30. The first-order valence-corrected chi connectivity index (χ1v) is 7.61. The SMILES string of the molecule is COc1c(Br)cc2c(c1-c1cc(N)no1)CCCCC2. The second kappa shape index (κ2) is 5.48. The van der Waals surface area contributed by atoms with Gasteiger partial charge >= 0.3 is 0 Å². The van der Waals surface area contributed by atoms with Crippen molar-refractivity contribution in [3.05, 3.63) is 27.7 Å². The van der Waals surface area contributed by atoms with Crippen LogP contribution in [0.4, 0.5) is 5.82 Å². The van der Waals surface area contributed by atoms with E-state index in [0.717, 1.165) is 28.6 Å². The van der Waals surface area contributed by atoms with Gasteiger partial charge in [0.15, 0.2) is 11.6 Å². The minimum atomic E-state index is 0.393. The Hall–Kier alpha value is -1.49. The van der Waals surface area contributed by atoms with Crippen molar-refractivity contribution >= 4 is 21.7 Å². The zero-order valence-corrected chi connectivity index (χ0v) is 13.0. The average molecular weight is 337 g/mol. The van der Waals surface area contributed by atoms with E-state index < -0.39 is 0 Å². The zero-order valence-electron chi connectivity index (χ0n) is 11.4. The fraction of sp³-hybridized carbons (Fsp3) is 0.400. The van der Waals surface area contributed by atoms with Crippen LogP contribution in [0.15, 0.2) is 21.1 Å². The highest BCUT2D eigenvalue weighted by Gasteiger charge is 2.23. The summed E-state index contributed by atoms with van der Waals surface area (Å²) in [5.41, 5.74) is 9.35. The Labute approximate surface area is 126 Å². The van der Waals surface area contributed by atoms with Gasteiger partial charge in [-0.1, -0.05) is 11.6 Å². The molecule has 0 amide bonds. The predicted molar refractivity (Wildman–Crippen MR) is 81.9 cm³/mol. The van der Waals surface area contributed by atoms with Crippen LogP contribution in [0.25, 0.3) is 11.3 Å². The van der Waals surface area contributed by atoms with Crippen LogP contribution in [0, 0.1) is 0 Å². The molecule has 1 heterocycles. The summed E-state index contributed by atoms with van der Waals surface area (Å²) < 4.78 is 11.9. The Kier molecular flexibility index (Phi) is 3.70. The van der Waals surface area contributed by atoms with E-state index in [1.165, 1.54) is 30.4 Å². The van der Waals surface area contributed by atoms with Crippen molar-refractivity contribution in [2.24, 2.45) is 0 Å². The lowest BCUT2D eigenvalue weighted by molar-refractivity contribution is 0.404. The normalized spacial score (nSPS) is 14.7. The van der Waals surface area contributed by atoms with Gasteiger partial charge in [0.05, 0.1) is 17.1 Å². The number of benzene rings is 1. The van der Waals surface area contributed by atoms with E-state index in [4.69, 9.17) is 15.0 Å². The van der Waals surface area contributed by atoms with Crippen molar-refractivity contribution in [2.45, 2.75) is 32.1 Å². The fourth-order valence-corrected chi connectivity index (χ4v) is 3.53. The molecular formula is C15H17BrN2O2. The maximum atomic E-state index is 5.70. The molecule has 20 heavy (non-hydrogen) atoms. The molecule has 1 aliphatic carbocycles. The highest BCUT2D eigenvalue weighted by atomic mass is 79.9. The third-order valence-electron chi connectivity index (χ3n) is 3.79. The van der Waals surface area contributed by atoms with Crippen LogP contribution in [0.5, 0.6) is 5.75 Å². The van der Waals surface area contributed by atoms with E-state index in [0.29, 0.717) is 11.6 Å². The molecule has 1 aliphatic rings. The van der Waals surface area contributed by atoms with Crippen LogP contribution in [-0.2, 0) is 12.8 Å². The van der Waals surface area contributed by atoms with Crippen LogP contribution in [0.1, 0.15) is 30.4 Å². The Morgan fingerprint density at radius 3 is 2.75 bits per heavy atom. The summed E-state index contributed by atoms with van der Waals surface area (Å²) in [4.78, 5) is 0. The second-order valence-corrected chi connectivity index (χ2v) is 5.94. The number of hydrogen-bond donors (Lipinski definition) is 1. The molecule has 3 rings (SSSR count). The first-order valence-electron chi connectivity index (χ1n) is 6.81. The molecule has 0 radical (unpaired) electrons. The number of fused-ring (bicyclic) bond motifs is 1. The molecule has 1 aromatic carbocycles. The maximum Gasteiger partial charge on any atom is 0.173 e. The highest BCUT2D eigenvalue weighted by molar-refractivity contribution is 9.10. The average Bonchev–Trinajstić information content (AvgIpc) is 2.72. The van der Waals surface area contributed by atoms with Crippen LogP contribution in [0.2, 0.25) is 0 Å². The monoisotopic (exact) mass is 336 g/mol. The maximum absolute atomic E-state index is 5.70. The van der Waals surface area contributed by atoms with E-state index in [2.05, 4.69) is 27.2 Å². The molecule has 1 aromatic heterocycles. The molecule has 0 atom stereocenters. The number of nitrogens with two attached hydrogens (primary N) is 1. The van der Waals surface area contributed by atoms with E-state index in [9.17, 15) is 0 Å². The Morgan fingerprint density at radius 2 is 2.05 bits per heavy atom. The molecule has 106 valence electrons. The Morgan fingerprint density at radius 1 is 1.25 bits per heavy atom. The van der Waals surface area contributed by atoms with Gasteiger partial charge in [0.2, 0.25) is 0 Å². The highest BCUT2D eigenvalue weighted by Crippen LogP contribution is 2.43. The molecule has 0 saturated carbocycles. The van der Waals surface area contributed by atoms with Gasteiger partial charge < -0.3 is 15.0 Å². The standard InChI is InChI=1S/C15H17BrN2O2/c1-19-15-11(16)7-9-5-3-2-4-6-10(9)14(15)12-8-13(17)18-20-12/h7-8H,2-6H2,1H3,(H2,17,18). The summed E-state index contributed by atoms with van der Waals surface area (Å²) in [5.74, 6) is 1.87. The summed E-state index contributed by atoms with van der Waals surface area (Å²) in [6.07, 6.45) is 5.80. The van der Waals surface area contributed by atoms with Gasteiger partial charge in [-0.05, 0) is 58.8 Å². The quantitative estimate of drug-likeness (QED) is 0.843. The van der Waals surface area contributed by atoms with Gasteiger partial charge in [0.1, 0.15) is 5.75 Å². The van der Waals surface area contributed by atoms with Gasteiger partial charge in [-0.25, -0.2) is 0 Å². The van der Waals surface area contributed by atoms with Gasteiger partial charge in [0, 0.05) is 6.07 Å². The predicted octanol–water partition coefficient (Wildman–Crippen LogP) is 3.96. The molecule has 0 unspecified atom stereocenters. The molecule has 2 N–H and O–H groups in total. The van der Waals surface area contributed by atoms with E-state index >= 15 is 0 Å². The summed E-state index contributed by atoms with van der Waals surface area (Å²) in [6.45, 7) is 0. The molecule has 5 heteroatoms. The Balaban J connectivity index is 2.26. The van der Waals surface area contributed by atoms with Gasteiger partial charge in [-0.2, -0.15) is 0 Å². The summed E-state index contributed by atoms with van der Waals surface area (Å²) >= 11 is 3.60. The van der Waals surface area contributed by atoms with Gasteiger partial charge in [-0.15, -0.1) is 0 Å². The number of aryl methyl sites for hydroxylation is 1. The third-order valence-corrected chi connectivity index (χ3v) is 4.38. The lowest BCUT2D eigenvalue weighted by Crippen LogP contribution is -1.99. The number of ether oxygens (including phenoxy) is 1. The van der Waals surface area contributed by atoms with E-state index in [1.54, 1.807) is 13.2 Å². The second-order valence-electron chi connectivity index (χ2n) is 5.08. The van der Waals surface area contributed by atoms with E-state index in [-0.39, 0.29) is 0 Å². The largest absolute Gasteiger partial charge is 0.495 e. The first kappa shape index (κ1) is 13.5. The minimum absolute atomic E-state index is 0.393.